The molecular weight excluding hydrogens is 390 g/mol. The van der Waals surface area contributed by atoms with Gasteiger partial charge in [0.2, 0.25) is 15.9 Å². The van der Waals surface area contributed by atoms with Gasteiger partial charge >= 0.3 is 6.61 Å². The first-order valence-electron chi connectivity index (χ1n) is 8.16. The van der Waals surface area contributed by atoms with Gasteiger partial charge in [-0.2, -0.15) is 8.78 Å². The Labute approximate surface area is 162 Å². The van der Waals surface area contributed by atoms with Crippen LogP contribution in [0.4, 0.5) is 14.5 Å². The molecule has 0 saturated carbocycles. The zero-order valence-corrected chi connectivity index (χ0v) is 16.3. The molecule has 0 atom stereocenters. The van der Waals surface area contributed by atoms with Gasteiger partial charge in [0.25, 0.3) is 0 Å². The fourth-order valence-corrected chi connectivity index (χ4v) is 3.14. The molecule has 0 unspecified atom stereocenters. The Kier molecular flexibility index (Phi) is 6.87. The number of amides is 1. The maximum atomic E-state index is 12.2. The molecule has 0 heterocycles. The van der Waals surface area contributed by atoms with E-state index in [-0.39, 0.29) is 10.6 Å². The SMILES string of the molecule is Cc1ccc(S(=O)(=O)N(C)C)cc1NC(=O)/C=C/c1ccc(OC(F)F)cc1. The topological polar surface area (TPSA) is 75.7 Å². The fourth-order valence-electron chi connectivity index (χ4n) is 2.21. The smallest absolute Gasteiger partial charge is 0.387 e. The predicted octanol–water partition coefficient (Wildman–Crippen LogP) is 3.50. The maximum Gasteiger partial charge on any atom is 0.387 e. The molecule has 9 heteroatoms. The summed E-state index contributed by atoms with van der Waals surface area (Å²) >= 11 is 0. The second-order valence-corrected chi connectivity index (χ2v) is 8.19. The van der Waals surface area contributed by atoms with Crippen molar-refractivity contribution in [3.63, 3.8) is 0 Å². The van der Waals surface area contributed by atoms with Crippen LogP contribution in [0.15, 0.2) is 53.4 Å². The van der Waals surface area contributed by atoms with Crippen LogP contribution >= 0.6 is 0 Å². The summed E-state index contributed by atoms with van der Waals surface area (Å²) in [5.74, 6) is -0.443. The first kappa shape index (κ1) is 21.5. The van der Waals surface area contributed by atoms with Gasteiger partial charge < -0.3 is 10.1 Å². The molecular formula is C19H20F2N2O4S. The molecule has 0 spiro atoms. The van der Waals surface area contributed by atoms with Crippen molar-refractivity contribution in [3.8, 4) is 5.75 Å². The van der Waals surface area contributed by atoms with Crippen molar-refractivity contribution in [1.29, 1.82) is 0 Å². The Bertz CT molecular complexity index is 972. The number of nitrogens with zero attached hydrogens (tertiary/aromatic N) is 1. The maximum absolute atomic E-state index is 12.2. The molecule has 150 valence electrons. The highest BCUT2D eigenvalue weighted by molar-refractivity contribution is 7.89. The number of sulfonamides is 1. The molecule has 0 saturated heterocycles. The van der Waals surface area contributed by atoms with Gasteiger partial charge in [-0.05, 0) is 48.4 Å². The average Bonchev–Trinajstić information content (AvgIpc) is 2.62. The van der Waals surface area contributed by atoms with E-state index >= 15 is 0 Å². The van der Waals surface area contributed by atoms with Crippen molar-refractivity contribution < 1.29 is 26.7 Å². The van der Waals surface area contributed by atoms with Crippen LogP contribution in [-0.4, -0.2) is 39.3 Å². The fraction of sp³-hybridized carbons (Fsp3) is 0.211. The highest BCUT2D eigenvalue weighted by Crippen LogP contribution is 2.22. The van der Waals surface area contributed by atoms with Gasteiger partial charge in [-0.15, -0.1) is 0 Å². The third-order valence-electron chi connectivity index (χ3n) is 3.78. The molecule has 2 aromatic rings. The molecule has 1 N–H and O–H groups in total. The standard InChI is InChI=1S/C19H20F2N2O4S/c1-13-4-10-16(28(25,26)23(2)3)12-17(13)22-18(24)11-7-14-5-8-15(9-6-14)27-19(20)21/h4-12,19H,1-3H3,(H,22,24)/b11-7+. The van der Waals surface area contributed by atoms with E-state index in [1.165, 1.54) is 62.6 Å². The Hall–Kier alpha value is -2.78. The Morgan fingerprint density at radius 1 is 1.14 bits per heavy atom. The van der Waals surface area contributed by atoms with Crippen molar-refractivity contribution in [1.82, 2.24) is 4.31 Å². The quantitative estimate of drug-likeness (QED) is 0.709. The van der Waals surface area contributed by atoms with Gasteiger partial charge in [-0.25, -0.2) is 12.7 Å². The number of hydrogen-bond donors (Lipinski definition) is 1. The Morgan fingerprint density at radius 3 is 2.36 bits per heavy atom. The third-order valence-corrected chi connectivity index (χ3v) is 5.59. The van der Waals surface area contributed by atoms with Crippen LogP contribution in [0.2, 0.25) is 0 Å². The summed E-state index contributed by atoms with van der Waals surface area (Å²) in [6.07, 6.45) is 2.76. The number of ether oxygens (including phenoxy) is 1. The van der Waals surface area contributed by atoms with E-state index in [1.807, 2.05) is 0 Å². The number of carbonyl (C=O) groups is 1. The minimum Gasteiger partial charge on any atom is -0.435 e. The number of carbonyl (C=O) groups excluding carboxylic acids is 1. The number of alkyl halides is 2. The lowest BCUT2D eigenvalue weighted by molar-refractivity contribution is -0.111. The van der Waals surface area contributed by atoms with Crippen LogP contribution in [0.5, 0.6) is 5.75 Å². The molecule has 2 rings (SSSR count). The second kappa shape index (κ2) is 8.94. The minimum absolute atomic E-state index is 0.0196. The number of halogens is 2. The summed E-state index contributed by atoms with van der Waals surface area (Å²) in [6, 6.07) is 10.3. The highest BCUT2D eigenvalue weighted by atomic mass is 32.2. The molecule has 6 nitrogen and oxygen atoms in total. The van der Waals surface area contributed by atoms with E-state index in [9.17, 15) is 22.0 Å². The van der Waals surface area contributed by atoms with Gasteiger partial charge in [0, 0.05) is 25.9 Å². The summed E-state index contributed by atoms with van der Waals surface area (Å²) in [5, 5.41) is 2.64. The van der Waals surface area contributed by atoms with Crippen molar-refractivity contribution >= 4 is 27.7 Å². The van der Waals surface area contributed by atoms with E-state index < -0.39 is 22.5 Å². The van der Waals surface area contributed by atoms with Crippen LogP contribution in [0.1, 0.15) is 11.1 Å². The third kappa shape index (κ3) is 5.61. The summed E-state index contributed by atoms with van der Waals surface area (Å²) in [4.78, 5) is 12.2. The molecule has 0 fully saturated rings. The van der Waals surface area contributed by atoms with Gasteiger partial charge in [0.05, 0.1) is 4.90 Å². The lowest BCUT2D eigenvalue weighted by atomic mass is 10.2. The number of nitrogens with one attached hydrogen (secondary N) is 1. The predicted molar refractivity (Wildman–Crippen MR) is 103 cm³/mol. The van der Waals surface area contributed by atoms with E-state index in [1.54, 1.807) is 13.0 Å². The van der Waals surface area contributed by atoms with Crippen LogP contribution in [0, 0.1) is 6.92 Å². The van der Waals surface area contributed by atoms with Crippen LogP contribution in [0.3, 0.4) is 0 Å². The van der Waals surface area contributed by atoms with E-state index in [0.29, 0.717) is 16.8 Å². The zero-order valence-electron chi connectivity index (χ0n) is 15.5. The van der Waals surface area contributed by atoms with Crippen LogP contribution in [0.25, 0.3) is 6.08 Å². The first-order valence-corrected chi connectivity index (χ1v) is 9.60. The summed E-state index contributed by atoms with van der Waals surface area (Å²) in [6.45, 7) is -1.16. The molecule has 0 radical (unpaired) electrons. The number of benzene rings is 2. The zero-order chi connectivity index (χ0) is 20.9. The second-order valence-electron chi connectivity index (χ2n) is 6.03. The Morgan fingerprint density at radius 2 is 1.79 bits per heavy atom. The van der Waals surface area contributed by atoms with Crippen molar-refractivity contribution in [2.24, 2.45) is 0 Å². The van der Waals surface area contributed by atoms with Crippen molar-refractivity contribution in [2.45, 2.75) is 18.4 Å². The number of hydrogen-bond acceptors (Lipinski definition) is 4. The van der Waals surface area contributed by atoms with E-state index in [2.05, 4.69) is 10.1 Å². The van der Waals surface area contributed by atoms with Crippen LogP contribution in [-0.2, 0) is 14.8 Å². The Balaban J connectivity index is 2.11. The lowest BCUT2D eigenvalue weighted by Crippen LogP contribution is -2.22. The van der Waals surface area contributed by atoms with Crippen molar-refractivity contribution in [3.05, 3.63) is 59.7 Å². The number of rotatable bonds is 7. The molecule has 0 aliphatic rings. The first-order chi connectivity index (χ1) is 13.1. The molecule has 2 aromatic carbocycles. The number of aryl methyl sites for hydroxylation is 1. The molecule has 0 aliphatic heterocycles. The van der Waals surface area contributed by atoms with E-state index in [0.717, 1.165) is 4.31 Å². The summed E-state index contributed by atoms with van der Waals surface area (Å²) in [7, 11) is -0.772. The number of anilines is 1. The van der Waals surface area contributed by atoms with Gasteiger partial charge in [0.1, 0.15) is 5.75 Å². The monoisotopic (exact) mass is 410 g/mol. The van der Waals surface area contributed by atoms with Gasteiger partial charge in [0.15, 0.2) is 0 Å². The largest absolute Gasteiger partial charge is 0.435 e. The van der Waals surface area contributed by atoms with E-state index in [4.69, 9.17) is 0 Å². The van der Waals surface area contributed by atoms with Gasteiger partial charge in [-0.1, -0.05) is 18.2 Å². The summed E-state index contributed by atoms with van der Waals surface area (Å²) in [5.41, 5.74) is 1.68. The highest BCUT2D eigenvalue weighted by Gasteiger charge is 2.18. The average molecular weight is 410 g/mol. The van der Waals surface area contributed by atoms with Crippen LogP contribution < -0.4 is 10.1 Å². The molecule has 0 aliphatic carbocycles. The molecule has 28 heavy (non-hydrogen) atoms. The van der Waals surface area contributed by atoms with Gasteiger partial charge in [-0.3, -0.25) is 4.79 Å². The normalized spacial score (nSPS) is 12.0. The minimum atomic E-state index is -3.62. The summed E-state index contributed by atoms with van der Waals surface area (Å²) < 4.78 is 54.1. The molecule has 1 amide bonds. The van der Waals surface area contributed by atoms with Crippen molar-refractivity contribution in [2.75, 3.05) is 19.4 Å². The molecule has 0 aromatic heterocycles. The lowest BCUT2D eigenvalue weighted by Gasteiger charge is -2.14. The molecule has 0 bridgehead atoms.